The summed E-state index contributed by atoms with van der Waals surface area (Å²) < 4.78 is 0. The lowest BCUT2D eigenvalue weighted by Crippen LogP contribution is -2.01. The molecule has 3 heterocycles. The van der Waals surface area contributed by atoms with Gasteiger partial charge in [-0.15, -0.1) is 0 Å². The number of pyridine rings is 3. The van der Waals surface area contributed by atoms with E-state index in [-0.39, 0.29) is 0 Å². The van der Waals surface area contributed by atoms with Gasteiger partial charge in [0.05, 0.1) is 11.2 Å². The zero-order valence-electron chi connectivity index (χ0n) is 14.5. The zero-order valence-corrected chi connectivity index (χ0v) is 14.5. The summed E-state index contributed by atoms with van der Waals surface area (Å²) in [6.45, 7) is 0.463. The second-order valence-electron chi connectivity index (χ2n) is 6.36. The first-order chi connectivity index (χ1) is 12.8. The lowest BCUT2D eigenvalue weighted by atomic mass is 10.0. The van der Waals surface area contributed by atoms with Crippen LogP contribution in [0.5, 0.6) is 0 Å². The average molecular weight is 340 g/mol. The molecule has 0 atom stereocenters. The number of rotatable bonds is 5. The van der Waals surface area contributed by atoms with Crippen molar-refractivity contribution in [2.24, 2.45) is 5.73 Å². The molecule has 4 aromatic rings. The highest BCUT2D eigenvalue weighted by molar-refractivity contribution is 5.82. The summed E-state index contributed by atoms with van der Waals surface area (Å²) in [5, 5.41) is 1.18. The molecule has 0 saturated heterocycles. The Morgan fingerprint density at radius 1 is 0.692 bits per heavy atom. The molecule has 0 spiro atoms. The number of aromatic nitrogens is 3. The highest BCUT2D eigenvalue weighted by atomic mass is 14.7. The van der Waals surface area contributed by atoms with Crippen molar-refractivity contribution in [2.45, 2.75) is 19.4 Å². The van der Waals surface area contributed by atoms with Gasteiger partial charge in [-0.2, -0.15) is 0 Å². The van der Waals surface area contributed by atoms with Crippen LogP contribution in [0.1, 0.15) is 28.1 Å². The van der Waals surface area contributed by atoms with Gasteiger partial charge in [-0.1, -0.05) is 18.2 Å². The summed E-state index contributed by atoms with van der Waals surface area (Å²) in [7, 11) is 0. The molecule has 0 aliphatic carbocycles. The minimum atomic E-state index is 0.463. The lowest BCUT2D eigenvalue weighted by molar-refractivity contribution is 0.974. The molecule has 3 aromatic heterocycles. The maximum absolute atomic E-state index is 5.69. The topological polar surface area (TPSA) is 64.7 Å². The molecule has 26 heavy (non-hydrogen) atoms. The SMILES string of the molecule is NCc1cc(Cc2ccnc(Cc3cccc4ncccc34)c2)ccn1. The highest BCUT2D eigenvalue weighted by Gasteiger charge is 2.05. The van der Waals surface area contributed by atoms with E-state index in [0.717, 1.165) is 29.7 Å². The van der Waals surface area contributed by atoms with Crippen molar-refractivity contribution < 1.29 is 0 Å². The number of hydrogen-bond donors (Lipinski definition) is 1. The molecule has 4 rings (SSSR count). The smallest absolute Gasteiger partial charge is 0.0704 e. The molecule has 0 unspecified atom stereocenters. The summed E-state index contributed by atoms with van der Waals surface area (Å²) in [5.74, 6) is 0. The van der Waals surface area contributed by atoms with Crippen LogP contribution in [0.2, 0.25) is 0 Å². The van der Waals surface area contributed by atoms with Crippen molar-refractivity contribution in [3.8, 4) is 0 Å². The third kappa shape index (κ3) is 3.60. The van der Waals surface area contributed by atoms with E-state index in [9.17, 15) is 0 Å². The van der Waals surface area contributed by atoms with Crippen LogP contribution in [-0.2, 0) is 19.4 Å². The third-order valence-electron chi connectivity index (χ3n) is 4.49. The van der Waals surface area contributed by atoms with E-state index in [0.29, 0.717) is 6.54 Å². The summed E-state index contributed by atoms with van der Waals surface area (Å²) in [5.41, 5.74) is 12.4. The summed E-state index contributed by atoms with van der Waals surface area (Å²) >= 11 is 0. The Labute approximate surface area is 152 Å². The van der Waals surface area contributed by atoms with E-state index >= 15 is 0 Å². The second-order valence-corrected chi connectivity index (χ2v) is 6.36. The zero-order chi connectivity index (χ0) is 17.8. The molecule has 0 aliphatic heterocycles. The van der Waals surface area contributed by atoms with Gasteiger partial charge in [0.1, 0.15) is 0 Å². The van der Waals surface area contributed by atoms with Crippen molar-refractivity contribution in [3.05, 3.63) is 101 Å². The number of nitrogens with two attached hydrogens (primary N) is 1. The van der Waals surface area contributed by atoms with Crippen molar-refractivity contribution in [1.29, 1.82) is 0 Å². The highest BCUT2D eigenvalue weighted by Crippen LogP contribution is 2.20. The van der Waals surface area contributed by atoms with Gasteiger partial charge in [-0.3, -0.25) is 15.0 Å². The van der Waals surface area contributed by atoms with Gasteiger partial charge >= 0.3 is 0 Å². The van der Waals surface area contributed by atoms with Crippen LogP contribution in [0.3, 0.4) is 0 Å². The molecule has 0 fully saturated rings. The van der Waals surface area contributed by atoms with Crippen LogP contribution < -0.4 is 5.73 Å². The van der Waals surface area contributed by atoms with Crippen LogP contribution in [0.4, 0.5) is 0 Å². The predicted octanol–water partition coefficient (Wildman–Crippen LogP) is 3.67. The standard InChI is InChI=1S/C22H20N4/c23-15-20-13-17(7-10-25-20)11-16-6-9-24-19(12-16)14-18-3-1-5-22-21(18)4-2-8-26-22/h1-10,12-13H,11,14-15,23H2. The van der Waals surface area contributed by atoms with E-state index in [1.54, 1.807) is 0 Å². The van der Waals surface area contributed by atoms with Crippen LogP contribution in [0.25, 0.3) is 10.9 Å². The fraction of sp³-hybridized carbons (Fsp3) is 0.136. The van der Waals surface area contributed by atoms with Crippen LogP contribution >= 0.6 is 0 Å². The molecule has 0 aliphatic rings. The maximum atomic E-state index is 5.69. The number of nitrogens with zero attached hydrogens (tertiary/aromatic N) is 3. The lowest BCUT2D eigenvalue weighted by Gasteiger charge is -2.08. The molecular weight excluding hydrogens is 320 g/mol. The van der Waals surface area contributed by atoms with Gasteiger partial charge in [-0.25, -0.2) is 0 Å². The first-order valence-electron chi connectivity index (χ1n) is 8.72. The Morgan fingerprint density at radius 3 is 2.27 bits per heavy atom. The molecule has 0 bridgehead atoms. The Bertz CT molecular complexity index is 1040. The Balaban J connectivity index is 1.59. The fourth-order valence-electron chi connectivity index (χ4n) is 3.24. The molecule has 4 nitrogen and oxygen atoms in total. The fourth-order valence-corrected chi connectivity index (χ4v) is 3.24. The molecule has 0 radical (unpaired) electrons. The van der Waals surface area contributed by atoms with Crippen LogP contribution in [-0.4, -0.2) is 15.0 Å². The van der Waals surface area contributed by atoms with Gasteiger partial charge in [0, 0.05) is 42.6 Å². The van der Waals surface area contributed by atoms with Gasteiger partial charge < -0.3 is 5.73 Å². The molecule has 0 saturated carbocycles. The Hall–Kier alpha value is -3.11. The van der Waals surface area contributed by atoms with Gasteiger partial charge in [0.25, 0.3) is 0 Å². The Kier molecular flexibility index (Phi) is 4.67. The normalized spacial score (nSPS) is 11.0. The minimum absolute atomic E-state index is 0.463. The molecule has 2 N–H and O–H groups in total. The summed E-state index contributed by atoms with van der Waals surface area (Å²) in [6.07, 6.45) is 7.18. The van der Waals surface area contributed by atoms with Crippen molar-refractivity contribution in [3.63, 3.8) is 0 Å². The van der Waals surface area contributed by atoms with E-state index in [1.807, 2.05) is 36.8 Å². The van der Waals surface area contributed by atoms with Crippen molar-refractivity contribution >= 4 is 10.9 Å². The monoisotopic (exact) mass is 340 g/mol. The molecule has 0 amide bonds. The van der Waals surface area contributed by atoms with Crippen LogP contribution in [0.15, 0.2) is 73.2 Å². The maximum Gasteiger partial charge on any atom is 0.0704 e. The van der Waals surface area contributed by atoms with Crippen molar-refractivity contribution in [2.75, 3.05) is 0 Å². The Morgan fingerprint density at radius 2 is 1.46 bits per heavy atom. The average Bonchev–Trinajstić information content (AvgIpc) is 2.69. The van der Waals surface area contributed by atoms with E-state index in [1.165, 1.54) is 22.1 Å². The van der Waals surface area contributed by atoms with Gasteiger partial charge in [0.2, 0.25) is 0 Å². The van der Waals surface area contributed by atoms with E-state index in [4.69, 9.17) is 5.73 Å². The quantitative estimate of drug-likeness (QED) is 0.602. The van der Waals surface area contributed by atoms with E-state index < -0.39 is 0 Å². The van der Waals surface area contributed by atoms with Crippen LogP contribution in [0, 0.1) is 0 Å². The van der Waals surface area contributed by atoms with Crippen molar-refractivity contribution in [1.82, 2.24) is 15.0 Å². The third-order valence-corrected chi connectivity index (χ3v) is 4.49. The molecular formula is C22H20N4. The largest absolute Gasteiger partial charge is 0.325 e. The first-order valence-corrected chi connectivity index (χ1v) is 8.72. The first kappa shape index (κ1) is 16.4. The van der Waals surface area contributed by atoms with E-state index in [2.05, 4.69) is 51.4 Å². The second kappa shape index (κ2) is 7.42. The molecule has 4 heteroatoms. The summed E-state index contributed by atoms with van der Waals surface area (Å²) in [4.78, 5) is 13.3. The van der Waals surface area contributed by atoms with Gasteiger partial charge in [0.15, 0.2) is 0 Å². The van der Waals surface area contributed by atoms with Gasteiger partial charge in [-0.05, 0) is 59.5 Å². The summed E-state index contributed by atoms with van der Waals surface area (Å²) in [6, 6.07) is 18.7. The number of benzene rings is 1. The molecule has 1 aromatic carbocycles. The predicted molar refractivity (Wildman–Crippen MR) is 104 cm³/mol. The minimum Gasteiger partial charge on any atom is -0.325 e. The number of fused-ring (bicyclic) bond motifs is 1. The number of hydrogen-bond acceptors (Lipinski definition) is 4. The molecule has 128 valence electrons.